The number of aldehydes is 1. The maximum atomic E-state index is 12.6. The summed E-state index contributed by atoms with van der Waals surface area (Å²) in [6.45, 7) is 3.39. The number of ether oxygens (including phenoxy) is 1. The molecule has 0 aliphatic rings. The number of halogens is 3. The van der Waals surface area contributed by atoms with Crippen molar-refractivity contribution in [3.63, 3.8) is 0 Å². The summed E-state index contributed by atoms with van der Waals surface area (Å²) in [6.07, 6.45) is 1.12. The van der Waals surface area contributed by atoms with Crippen LogP contribution in [0.4, 0.5) is 13.2 Å². The quantitative estimate of drug-likeness (QED) is 0.455. The average molecular weight is 284 g/mol. The van der Waals surface area contributed by atoms with Crippen LogP contribution in [0.2, 0.25) is 0 Å². The zero-order valence-corrected chi connectivity index (χ0v) is 11.1. The first kappa shape index (κ1) is 16.0. The molecule has 0 spiro atoms. The lowest BCUT2D eigenvalue weighted by atomic mass is 10.2. The molecule has 1 aromatic carbocycles. The maximum Gasteiger partial charge on any atom is 0.416 e. The number of hydrogen-bond acceptors (Lipinski definition) is 2. The van der Waals surface area contributed by atoms with Crippen molar-refractivity contribution in [2.24, 2.45) is 5.92 Å². The van der Waals surface area contributed by atoms with Crippen LogP contribution in [0.1, 0.15) is 19.4 Å². The molecule has 0 aromatic heterocycles. The van der Waals surface area contributed by atoms with Gasteiger partial charge in [0.05, 0.1) is 5.56 Å². The van der Waals surface area contributed by atoms with Crippen LogP contribution < -0.4 is 4.74 Å². The van der Waals surface area contributed by atoms with Gasteiger partial charge in [-0.1, -0.05) is 19.1 Å². The highest BCUT2D eigenvalue weighted by molar-refractivity contribution is 5.56. The van der Waals surface area contributed by atoms with Crippen LogP contribution in [0.3, 0.4) is 0 Å². The molecule has 0 aliphatic heterocycles. The monoisotopic (exact) mass is 284 g/mol. The third kappa shape index (κ3) is 4.91. The molecule has 0 N–H and O–H groups in total. The number of rotatable bonds is 5. The van der Waals surface area contributed by atoms with Gasteiger partial charge in [-0.2, -0.15) is 13.2 Å². The molecule has 1 rings (SSSR count). The van der Waals surface area contributed by atoms with E-state index in [2.05, 4.69) is 0 Å². The lowest BCUT2D eigenvalue weighted by Crippen LogP contribution is -2.05. The van der Waals surface area contributed by atoms with E-state index in [4.69, 9.17) is 4.74 Å². The van der Waals surface area contributed by atoms with E-state index in [0.29, 0.717) is 5.76 Å². The van der Waals surface area contributed by atoms with Gasteiger partial charge >= 0.3 is 6.18 Å². The Morgan fingerprint density at radius 3 is 2.60 bits per heavy atom. The summed E-state index contributed by atoms with van der Waals surface area (Å²) in [5.74, 6) is 0.185. The number of hydrogen-bond donors (Lipinski definition) is 0. The van der Waals surface area contributed by atoms with E-state index < -0.39 is 11.7 Å². The number of allylic oxidation sites excluding steroid dienone is 3. The van der Waals surface area contributed by atoms with Gasteiger partial charge in [-0.3, -0.25) is 0 Å². The molecule has 0 heterocycles. The third-order valence-electron chi connectivity index (χ3n) is 2.46. The van der Waals surface area contributed by atoms with Gasteiger partial charge in [0.2, 0.25) is 0 Å². The fraction of sp³-hybridized carbons (Fsp3) is 0.267. The van der Waals surface area contributed by atoms with Crippen LogP contribution >= 0.6 is 0 Å². The molecule has 0 amide bonds. The summed E-state index contributed by atoms with van der Waals surface area (Å²) in [6, 6.07) is 4.63. The second kappa shape index (κ2) is 6.93. The standard InChI is InChI=1S/C15H15F3O2/c1-3-13(8-7-11(2)10-19)20-14-6-4-5-12(9-14)15(16,17)18/h3-11H,1-2H3/b8-7-,13-3+. The van der Waals surface area contributed by atoms with Crippen molar-refractivity contribution in [2.45, 2.75) is 20.0 Å². The molecule has 20 heavy (non-hydrogen) atoms. The van der Waals surface area contributed by atoms with Gasteiger partial charge in [0.15, 0.2) is 0 Å². The summed E-state index contributed by atoms with van der Waals surface area (Å²) in [4.78, 5) is 10.5. The summed E-state index contributed by atoms with van der Waals surface area (Å²) in [7, 11) is 0. The lowest BCUT2D eigenvalue weighted by Gasteiger charge is -2.10. The Balaban J connectivity index is 2.86. The predicted octanol–water partition coefficient (Wildman–Crippen LogP) is 4.38. The first-order valence-electron chi connectivity index (χ1n) is 6.01. The summed E-state index contributed by atoms with van der Waals surface area (Å²) >= 11 is 0. The topological polar surface area (TPSA) is 26.3 Å². The fourth-order valence-electron chi connectivity index (χ4n) is 1.35. The second-order valence-corrected chi connectivity index (χ2v) is 4.17. The number of carbonyl (C=O) groups excluding carboxylic acids is 1. The number of alkyl halides is 3. The van der Waals surface area contributed by atoms with E-state index in [0.717, 1.165) is 18.4 Å². The Morgan fingerprint density at radius 1 is 1.35 bits per heavy atom. The van der Waals surface area contributed by atoms with E-state index in [1.165, 1.54) is 12.1 Å². The largest absolute Gasteiger partial charge is 0.458 e. The van der Waals surface area contributed by atoms with Gasteiger partial charge in [0, 0.05) is 5.92 Å². The maximum absolute atomic E-state index is 12.6. The zero-order chi connectivity index (χ0) is 15.2. The van der Waals surface area contributed by atoms with Crippen LogP contribution in [-0.2, 0) is 11.0 Å². The van der Waals surface area contributed by atoms with Crippen molar-refractivity contribution in [3.05, 3.63) is 53.8 Å². The molecular formula is C15H15F3O2. The molecule has 0 aliphatic carbocycles. The minimum Gasteiger partial charge on any atom is -0.458 e. The van der Waals surface area contributed by atoms with Crippen LogP contribution in [0.5, 0.6) is 5.75 Å². The first-order valence-corrected chi connectivity index (χ1v) is 6.01. The molecule has 0 saturated carbocycles. The van der Waals surface area contributed by atoms with E-state index in [-0.39, 0.29) is 11.7 Å². The van der Waals surface area contributed by atoms with Crippen LogP contribution in [0.25, 0.3) is 0 Å². The van der Waals surface area contributed by atoms with Gasteiger partial charge in [-0.05, 0) is 37.3 Å². The number of carbonyl (C=O) groups is 1. The Morgan fingerprint density at radius 2 is 2.05 bits per heavy atom. The highest BCUT2D eigenvalue weighted by atomic mass is 19.4. The molecule has 0 fully saturated rings. The van der Waals surface area contributed by atoms with Gasteiger partial charge in [0.25, 0.3) is 0 Å². The Bertz CT molecular complexity index is 516. The molecule has 1 atom stereocenters. The molecule has 5 heteroatoms. The predicted molar refractivity (Wildman–Crippen MR) is 70.2 cm³/mol. The van der Waals surface area contributed by atoms with E-state index in [9.17, 15) is 18.0 Å². The highest BCUT2D eigenvalue weighted by Crippen LogP contribution is 2.31. The van der Waals surface area contributed by atoms with Crippen LogP contribution in [-0.4, -0.2) is 6.29 Å². The Kier molecular flexibility index (Phi) is 5.55. The first-order chi connectivity index (χ1) is 9.36. The lowest BCUT2D eigenvalue weighted by molar-refractivity contribution is -0.137. The molecule has 2 nitrogen and oxygen atoms in total. The van der Waals surface area contributed by atoms with Crippen molar-refractivity contribution < 1.29 is 22.7 Å². The van der Waals surface area contributed by atoms with Gasteiger partial charge in [-0.15, -0.1) is 0 Å². The molecule has 1 unspecified atom stereocenters. The Hall–Kier alpha value is -2.04. The minimum atomic E-state index is -4.41. The van der Waals surface area contributed by atoms with Crippen molar-refractivity contribution in [1.82, 2.24) is 0 Å². The molecule has 0 saturated heterocycles. The molecule has 108 valence electrons. The highest BCUT2D eigenvalue weighted by Gasteiger charge is 2.30. The number of benzene rings is 1. The normalized spacial score (nSPS) is 14.3. The van der Waals surface area contributed by atoms with E-state index in [1.807, 2.05) is 0 Å². The van der Waals surface area contributed by atoms with Crippen molar-refractivity contribution in [3.8, 4) is 5.75 Å². The molecular weight excluding hydrogens is 269 g/mol. The van der Waals surface area contributed by atoms with Crippen molar-refractivity contribution in [1.29, 1.82) is 0 Å². The summed E-state index contributed by atoms with van der Waals surface area (Å²) in [5.41, 5.74) is -0.768. The summed E-state index contributed by atoms with van der Waals surface area (Å²) in [5, 5.41) is 0. The van der Waals surface area contributed by atoms with Crippen molar-refractivity contribution >= 4 is 6.29 Å². The SMILES string of the molecule is C/C=C(\C=C/C(C)C=O)Oc1cccc(C(F)(F)F)c1. The fourth-order valence-corrected chi connectivity index (χ4v) is 1.35. The van der Waals surface area contributed by atoms with Gasteiger partial charge in [-0.25, -0.2) is 0 Å². The second-order valence-electron chi connectivity index (χ2n) is 4.17. The Labute approximate surface area is 115 Å². The minimum absolute atomic E-state index is 0.0938. The average Bonchev–Trinajstić information content (AvgIpc) is 2.42. The molecule has 0 bridgehead atoms. The van der Waals surface area contributed by atoms with E-state index in [1.54, 1.807) is 32.1 Å². The molecule has 0 radical (unpaired) electrons. The zero-order valence-electron chi connectivity index (χ0n) is 11.1. The van der Waals surface area contributed by atoms with Crippen LogP contribution in [0.15, 0.2) is 48.3 Å². The third-order valence-corrected chi connectivity index (χ3v) is 2.46. The van der Waals surface area contributed by atoms with Crippen LogP contribution in [0, 0.1) is 5.92 Å². The van der Waals surface area contributed by atoms with Gasteiger partial charge in [0.1, 0.15) is 17.8 Å². The van der Waals surface area contributed by atoms with Crippen molar-refractivity contribution in [2.75, 3.05) is 0 Å². The summed E-state index contributed by atoms with van der Waals surface area (Å²) < 4.78 is 43.0. The molecule has 1 aromatic rings. The van der Waals surface area contributed by atoms with E-state index >= 15 is 0 Å². The smallest absolute Gasteiger partial charge is 0.416 e. The van der Waals surface area contributed by atoms with Gasteiger partial charge < -0.3 is 9.53 Å².